The van der Waals surface area contributed by atoms with E-state index in [9.17, 15) is 0 Å². The molecule has 0 unspecified atom stereocenters. The van der Waals surface area contributed by atoms with Crippen molar-refractivity contribution in [1.29, 1.82) is 0 Å². The Bertz CT molecular complexity index is 1840. The number of hydrogen-bond donors (Lipinski definition) is 0. The smallest absolute Gasteiger partial charge is 0.293 e. The maximum absolute atomic E-state index is 6.50. The van der Waals surface area contributed by atoms with Gasteiger partial charge >= 0.3 is 0 Å². The Morgan fingerprint density at radius 1 is 0.697 bits per heavy atom. The van der Waals surface area contributed by atoms with Gasteiger partial charge in [0.2, 0.25) is 11.2 Å². The number of pyridine rings is 1. The normalized spacial score (nSPS) is 15.3. The molecule has 0 saturated carbocycles. The molecule has 156 valence electrons. The molecule has 1 aromatic heterocycles. The van der Waals surface area contributed by atoms with Crippen molar-refractivity contribution in [3.63, 3.8) is 0 Å². The summed E-state index contributed by atoms with van der Waals surface area (Å²) in [4.78, 5) is 0. The lowest BCUT2D eigenvalue weighted by Gasteiger charge is -2.22. The van der Waals surface area contributed by atoms with E-state index in [1.807, 2.05) is 0 Å². The summed E-state index contributed by atoms with van der Waals surface area (Å²) in [5.74, 6) is 1.01. The number of hydrogen-bond acceptors (Lipinski definition) is 1. The molecule has 0 saturated heterocycles. The van der Waals surface area contributed by atoms with Crippen molar-refractivity contribution in [3.05, 3.63) is 96.1 Å². The first kappa shape index (κ1) is 17.6. The van der Waals surface area contributed by atoms with E-state index in [4.69, 9.17) is 4.74 Å². The van der Waals surface area contributed by atoms with Crippen molar-refractivity contribution in [1.82, 2.24) is 0 Å². The van der Waals surface area contributed by atoms with Crippen LogP contribution in [0.5, 0.6) is 5.75 Å². The van der Waals surface area contributed by atoms with Gasteiger partial charge in [-0.2, -0.15) is 4.57 Å². The van der Waals surface area contributed by atoms with Gasteiger partial charge in [0.15, 0.2) is 0 Å². The van der Waals surface area contributed by atoms with Gasteiger partial charge < -0.3 is 4.74 Å². The Morgan fingerprint density at radius 3 is 2.30 bits per heavy atom. The first-order valence-corrected chi connectivity index (χ1v) is 11.6. The highest BCUT2D eigenvalue weighted by Crippen LogP contribution is 2.56. The summed E-state index contributed by atoms with van der Waals surface area (Å²) >= 11 is 0. The van der Waals surface area contributed by atoms with E-state index < -0.39 is 0 Å². The highest BCUT2D eigenvalue weighted by atomic mass is 16.5. The largest absolute Gasteiger partial charge is 0.435 e. The van der Waals surface area contributed by atoms with Gasteiger partial charge in [0.25, 0.3) is 6.73 Å². The Morgan fingerprint density at radius 2 is 1.45 bits per heavy atom. The molecule has 1 aliphatic carbocycles. The number of aromatic nitrogens is 1. The fourth-order valence-corrected chi connectivity index (χ4v) is 6.36. The van der Waals surface area contributed by atoms with Crippen LogP contribution in [0.2, 0.25) is 0 Å². The van der Waals surface area contributed by atoms with Crippen LogP contribution in [-0.2, 0) is 12.1 Å². The summed E-state index contributed by atoms with van der Waals surface area (Å²) in [6.07, 6.45) is 0. The molecule has 0 N–H and O–H groups in total. The number of rotatable bonds is 0. The summed E-state index contributed by atoms with van der Waals surface area (Å²) in [6, 6.07) is 31.2. The lowest BCUT2D eigenvalue weighted by atomic mass is 9.79. The van der Waals surface area contributed by atoms with Crippen LogP contribution in [0.25, 0.3) is 54.5 Å². The number of ether oxygens (including phenoxy) is 1. The van der Waals surface area contributed by atoms with E-state index >= 15 is 0 Å². The Labute approximate surface area is 191 Å². The molecule has 0 spiro atoms. The van der Waals surface area contributed by atoms with Crippen molar-refractivity contribution >= 4 is 43.2 Å². The zero-order valence-electron chi connectivity index (χ0n) is 18.6. The summed E-state index contributed by atoms with van der Waals surface area (Å²) in [6.45, 7) is 5.29. The number of benzene rings is 5. The lowest BCUT2D eigenvalue weighted by Crippen LogP contribution is -2.42. The minimum absolute atomic E-state index is 0.114. The second kappa shape index (κ2) is 5.71. The monoisotopic (exact) mass is 424 g/mol. The van der Waals surface area contributed by atoms with E-state index in [0.29, 0.717) is 6.73 Å². The van der Waals surface area contributed by atoms with Gasteiger partial charge in [-0.15, -0.1) is 0 Å². The van der Waals surface area contributed by atoms with Crippen LogP contribution in [0.1, 0.15) is 25.0 Å². The van der Waals surface area contributed by atoms with Crippen LogP contribution in [-0.4, -0.2) is 0 Å². The summed E-state index contributed by atoms with van der Waals surface area (Å²) in [7, 11) is 0. The second-order valence-corrected chi connectivity index (χ2v) is 10.00. The predicted molar refractivity (Wildman–Crippen MR) is 135 cm³/mol. The molecule has 2 heterocycles. The first-order chi connectivity index (χ1) is 16.1. The molecule has 0 atom stereocenters. The second-order valence-electron chi connectivity index (χ2n) is 10.00. The topological polar surface area (TPSA) is 13.1 Å². The summed E-state index contributed by atoms with van der Waals surface area (Å²) < 4.78 is 8.89. The van der Waals surface area contributed by atoms with Crippen LogP contribution in [0, 0.1) is 0 Å². The molecule has 2 heteroatoms. The van der Waals surface area contributed by atoms with Gasteiger partial charge in [-0.25, -0.2) is 0 Å². The van der Waals surface area contributed by atoms with Crippen LogP contribution < -0.4 is 9.30 Å². The standard InChI is InChI=1S/C31H22NO/c1-31(2)25-14-21-13-19-8-3-4-9-20(19)15-26(21)32-17-33-27-16-24-22-10-6-5-7-18(22)11-12-23(24)29(31)28(27)30(25)32/h3-16H,17H2,1-2H3/q+1. The third-order valence-electron chi connectivity index (χ3n) is 7.91. The van der Waals surface area contributed by atoms with Crippen molar-refractivity contribution in [2.24, 2.45) is 0 Å². The molecule has 0 radical (unpaired) electrons. The van der Waals surface area contributed by atoms with E-state index in [1.165, 1.54) is 65.6 Å². The maximum Gasteiger partial charge on any atom is 0.293 e. The van der Waals surface area contributed by atoms with Crippen molar-refractivity contribution in [3.8, 4) is 17.0 Å². The van der Waals surface area contributed by atoms with Crippen molar-refractivity contribution < 1.29 is 9.30 Å². The molecular weight excluding hydrogens is 402 g/mol. The fraction of sp³-hybridized carbons (Fsp3) is 0.129. The van der Waals surface area contributed by atoms with E-state index in [2.05, 4.69) is 103 Å². The SMILES string of the molecule is CC1(C)c2cc3cc4ccccc4cc3[n+]3c2-c2c(cc4c(ccc5ccccc54)c21)OC3. The fourth-order valence-electron chi connectivity index (χ4n) is 6.36. The molecule has 0 amide bonds. The third-order valence-corrected chi connectivity index (χ3v) is 7.91. The molecule has 2 aliphatic rings. The van der Waals surface area contributed by atoms with E-state index in [1.54, 1.807) is 0 Å². The molecule has 33 heavy (non-hydrogen) atoms. The highest BCUT2D eigenvalue weighted by Gasteiger charge is 2.47. The first-order valence-electron chi connectivity index (χ1n) is 11.6. The summed E-state index contributed by atoms with van der Waals surface area (Å²) in [5, 5.41) is 9.00. The molecule has 2 nitrogen and oxygen atoms in total. The van der Waals surface area contributed by atoms with Gasteiger partial charge in [-0.3, -0.25) is 0 Å². The van der Waals surface area contributed by atoms with Crippen LogP contribution in [0.4, 0.5) is 0 Å². The maximum atomic E-state index is 6.50. The average Bonchev–Trinajstić information content (AvgIpc) is 3.08. The van der Waals surface area contributed by atoms with Gasteiger partial charge in [0, 0.05) is 22.4 Å². The molecule has 0 fully saturated rings. The van der Waals surface area contributed by atoms with Gasteiger partial charge in [0.1, 0.15) is 5.75 Å². The van der Waals surface area contributed by atoms with Crippen molar-refractivity contribution in [2.45, 2.75) is 26.0 Å². The number of fused-ring (bicyclic) bond motifs is 7. The van der Waals surface area contributed by atoms with Gasteiger partial charge in [-0.05, 0) is 56.1 Å². The molecule has 5 aromatic carbocycles. The Hall–Kier alpha value is -3.91. The molecule has 8 rings (SSSR count). The van der Waals surface area contributed by atoms with Gasteiger partial charge in [-0.1, -0.05) is 74.5 Å². The average molecular weight is 425 g/mol. The lowest BCUT2D eigenvalue weighted by molar-refractivity contribution is -0.693. The zero-order valence-corrected chi connectivity index (χ0v) is 18.6. The zero-order chi connectivity index (χ0) is 21.9. The minimum atomic E-state index is -0.114. The number of nitrogens with zero attached hydrogens (tertiary/aromatic N) is 1. The van der Waals surface area contributed by atoms with Crippen LogP contribution >= 0.6 is 0 Å². The minimum Gasteiger partial charge on any atom is -0.435 e. The summed E-state index contributed by atoms with van der Waals surface area (Å²) in [5.41, 5.74) is 6.51. The predicted octanol–water partition coefficient (Wildman–Crippen LogP) is 7.24. The van der Waals surface area contributed by atoms with Crippen molar-refractivity contribution in [2.75, 3.05) is 0 Å². The highest BCUT2D eigenvalue weighted by molar-refractivity contribution is 6.12. The molecule has 1 aliphatic heterocycles. The Balaban J connectivity index is 1.56. The third kappa shape index (κ3) is 2.07. The van der Waals surface area contributed by atoms with Gasteiger partial charge in [0.05, 0.1) is 5.56 Å². The van der Waals surface area contributed by atoms with E-state index in [0.717, 1.165) is 5.75 Å². The molecular formula is C31H22NO+. The van der Waals surface area contributed by atoms with Crippen LogP contribution in [0.15, 0.2) is 84.9 Å². The van der Waals surface area contributed by atoms with Crippen LogP contribution in [0.3, 0.4) is 0 Å². The molecule has 6 aromatic rings. The molecule has 0 bridgehead atoms. The quantitative estimate of drug-likeness (QED) is 0.142. The Kier molecular flexibility index (Phi) is 3.05. The van der Waals surface area contributed by atoms with E-state index in [-0.39, 0.29) is 5.41 Å².